The molecule has 0 aliphatic carbocycles. The van der Waals surface area contributed by atoms with Crippen molar-refractivity contribution in [2.45, 2.75) is 32.2 Å². The third-order valence-corrected chi connectivity index (χ3v) is 7.73. The Morgan fingerprint density at radius 1 is 1.10 bits per heavy atom. The average Bonchev–Trinajstić information content (AvgIpc) is 2.95. The molecule has 13 heteroatoms. The van der Waals surface area contributed by atoms with Gasteiger partial charge in [-0.3, -0.25) is 9.59 Å². The third-order valence-electron chi connectivity index (χ3n) is 7.73. The van der Waals surface area contributed by atoms with Crippen LogP contribution < -0.4 is 20.7 Å². The molecule has 2 N–H and O–H groups in total. The summed E-state index contributed by atoms with van der Waals surface area (Å²) in [6.07, 6.45) is -2.62. The number of benzene rings is 1. The number of nitrogens with zero attached hydrogens (tertiary/aromatic N) is 4. The van der Waals surface area contributed by atoms with Crippen LogP contribution in [0, 0.1) is 5.82 Å². The number of halogens is 4. The van der Waals surface area contributed by atoms with Gasteiger partial charge in [0.15, 0.2) is 0 Å². The molecule has 4 heterocycles. The molecule has 42 heavy (non-hydrogen) atoms. The van der Waals surface area contributed by atoms with E-state index in [0.29, 0.717) is 62.5 Å². The number of aromatic amines is 1. The number of alkyl halides is 3. The van der Waals surface area contributed by atoms with Crippen LogP contribution in [0.5, 0.6) is 0 Å². The van der Waals surface area contributed by atoms with Crippen LogP contribution in [0.15, 0.2) is 47.5 Å². The van der Waals surface area contributed by atoms with Crippen LogP contribution >= 0.6 is 0 Å². The van der Waals surface area contributed by atoms with Crippen LogP contribution in [0.4, 0.5) is 34.8 Å². The van der Waals surface area contributed by atoms with Gasteiger partial charge in [0, 0.05) is 68.4 Å². The van der Waals surface area contributed by atoms with E-state index in [1.165, 1.54) is 18.3 Å². The number of carbonyl (C=O) groups excluding carboxylic acids is 1. The zero-order chi connectivity index (χ0) is 30.2. The van der Waals surface area contributed by atoms with Crippen LogP contribution in [0.3, 0.4) is 0 Å². The second kappa shape index (κ2) is 11.7. The number of hydrogen-bond acceptors (Lipinski definition) is 7. The normalized spacial score (nSPS) is 20.1. The first-order valence-corrected chi connectivity index (χ1v) is 13.6. The molecule has 224 valence electrons. The van der Waals surface area contributed by atoms with Crippen LogP contribution in [-0.4, -0.2) is 79.3 Å². The van der Waals surface area contributed by atoms with Crippen LogP contribution in [0.2, 0.25) is 0 Å². The minimum absolute atomic E-state index is 0.0500. The molecular weight excluding hydrogens is 556 g/mol. The fourth-order valence-corrected chi connectivity index (χ4v) is 5.26. The van der Waals surface area contributed by atoms with Crippen LogP contribution in [-0.2, 0) is 10.9 Å². The molecule has 2 atom stereocenters. The Balaban J connectivity index is 1.52. The second-order valence-electron chi connectivity index (χ2n) is 10.7. The minimum Gasteiger partial charge on any atom is -0.375 e. The zero-order valence-electron chi connectivity index (χ0n) is 23.5. The monoisotopic (exact) mass is 588 g/mol. The molecule has 0 saturated carbocycles. The maximum atomic E-state index is 15.7. The lowest BCUT2D eigenvalue weighted by atomic mass is 10.0. The lowest BCUT2D eigenvalue weighted by molar-refractivity contribution is -0.138. The van der Waals surface area contributed by atoms with Gasteiger partial charge in [-0.1, -0.05) is 0 Å². The highest BCUT2D eigenvalue weighted by Gasteiger charge is 2.36. The molecule has 3 aromatic rings. The highest BCUT2D eigenvalue weighted by Crippen LogP contribution is 2.37. The molecule has 2 fully saturated rings. The summed E-state index contributed by atoms with van der Waals surface area (Å²) in [4.78, 5) is 37.6. The standard InChI is InChI=1S/C29H32F4N6O3/c1-17-15-38(7-6-37(17)3)25-12-23(30)20(19-4-5-26(34-13-19)39-8-9-42-18(2)16-39)10-24(25)36-28(41)21-14-35-27(40)11-22(21)29(31,32)33/h4-5,10-14,17-18H,6-9,15-16H2,1-3H3,(H,35,40)(H,36,41)/t17-,18-/m1/s1. The van der Waals surface area contributed by atoms with E-state index in [0.717, 1.165) is 6.20 Å². The number of morpholine rings is 1. The molecule has 2 aromatic heterocycles. The number of anilines is 3. The summed E-state index contributed by atoms with van der Waals surface area (Å²) in [5.41, 5.74) is -2.06. The number of H-pyrrole nitrogens is 1. The predicted molar refractivity (Wildman–Crippen MR) is 152 cm³/mol. The first-order valence-electron chi connectivity index (χ1n) is 13.6. The summed E-state index contributed by atoms with van der Waals surface area (Å²) < 4.78 is 62.3. The fourth-order valence-electron chi connectivity index (χ4n) is 5.26. The first-order chi connectivity index (χ1) is 19.9. The van der Waals surface area contributed by atoms with Crippen molar-refractivity contribution in [2.75, 3.05) is 61.5 Å². The number of nitrogens with one attached hydrogen (secondary N) is 2. The first kappa shape index (κ1) is 29.5. The van der Waals surface area contributed by atoms with E-state index >= 15 is 4.39 Å². The smallest absolute Gasteiger partial charge is 0.375 e. The van der Waals surface area contributed by atoms with Crippen molar-refractivity contribution in [1.82, 2.24) is 14.9 Å². The van der Waals surface area contributed by atoms with Gasteiger partial charge in [0.25, 0.3) is 5.91 Å². The van der Waals surface area contributed by atoms with Gasteiger partial charge in [0.2, 0.25) is 5.56 Å². The van der Waals surface area contributed by atoms with Crippen molar-refractivity contribution < 1.29 is 27.1 Å². The number of hydrogen-bond donors (Lipinski definition) is 2. The summed E-state index contributed by atoms with van der Waals surface area (Å²) in [6.45, 7) is 7.58. The Morgan fingerprint density at radius 3 is 2.55 bits per heavy atom. The molecule has 1 aromatic carbocycles. The van der Waals surface area contributed by atoms with Crippen LogP contribution in [0.25, 0.3) is 11.1 Å². The fraction of sp³-hybridized carbons (Fsp3) is 0.414. The van der Waals surface area contributed by atoms with Gasteiger partial charge in [-0.25, -0.2) is 9.37 Å². The van der Waals surface area contributed by atoms with Gasteiger partial charge in [-0.05, 0) is 45.2 Å². The second-order valence-corrected chi connectivity index (χ2v) is 10.7. The van der Waals surface area contributed by atoms with E-state index in [-0.39, 0.29) is 23.4 Å². The SMILES string of the molecule is C[C@@H]1CN(c2ccc(-c3cc(NC(=O)c4c[nH]c(=O)cc4C(F)(F)F)c(N4CCN(C)[C@H](C)C4)cc3F)cn2)CCO1. The molecule has 5 rings (SSSR count). The lowest BCUT2D eigenvalue weighted by Crippen LogP contribution is -2.50. The Hall–Kier alpha value is -3.97. The van der Waals surface area contributed by atoms with E-state index in [1.807, 2.05) is 25.8 Å². The largest absolute Gasteiger partial charge is 0.417 e. The number of aromatic nitrogens is 2. The maximum Gasteiger partial charge on any atom is 0.417 e. The number of carbonyl (C=O) groups is 1. The summed E-state index contributed by atoms with van der Waals surface area (Å²) in [7, 11) is 1.97. The Bertz CT molecular complexity index is 1510. The van der Waals surface area contributed by atoms with Crippen molar-refractivity contribution in [1.29, 1.82) is 0 Å². The summed E-state index contributed by atoms with van der Waals surface area (Å²) >= 11 is 0. The molecule has 1 amide bonds. The van der Waals surface area contributed by atoms with E-state index in [1.54, 1.807) is 12.1 Å². The minimum atomic E-state index is -4.93. The van der Waals surface area contributed by atoms with Gasteiger partial charge in [-0.15, -0.1) is 0 Å². The Kier molecular flexibility index (Phi) is 8.24. The maximum absolute atomic E-state index is 15.7. The molecule has 0 unspecified atom stereocenters. The number of rotatable bonds is 5. The van der Waals surface area contributed by atoms with E-state index in [9.17, 15) is 22.8 Å². The van der Waals surface area contributed by atoms with E-state index in [4.69, 9.17) is 4.74 Å². The quantitative estimate of drug-likeness (QED) is 0.432. The van der Waals surface area contributed by atoms with Crippen molar-refractivity contribution in [2.24, 2.45) is 0 Å². The number of ether oxygens (including phenoxy) is 1. The molecule has 9 nitrogen and oxygen atoms in total. The van der Waals surface area contributed by atoms with Gasteiger partial charge in [-0.2, -0.15) is 13.2 Å². The molecule has 0 spiro atoms. The van der Waals surface area contributed by atoms with Crippen LogP contribution in [0.1, 0.15) is 29.8 Å². The predicted octanol–water partition coefficient (Wildman–Crippen LogP) is 4.21. The lowest BCUT2D eigenvalue weighted by Gasteiger charge is -2.39. The zero-order valence-corrected chi connectivity index (χ0v) is 23.5. The molecule has 0 bridgehead atoms. The molecule has 2 aliphatic heterocycles. The van der Waals surface area contributed by atoms with Gasteiger partial charge in [0.1, 0.15) is 11.6 Å². The number of piperazine rings is 1. The van der Waals surface area contributed by atoms with Crippen molar-refractivity contribution in [3.05, 3.63) is 70.0 Å². The molecule has 2 saturated heterocycles. The Morgan fingerprint density at radius 2 is 1.88 bits per heavy atom. The number of amides is 1. The Labute approximate surface area is 240 Å². The summed E-state index contributed by atoms with van der Waals surface area (Å²) in [5.74, 6) is -0.942. The number of likely N-dealkylation sites (N-methyl/N-ethyl adjacent to an activating group) is 1. The summed E-state index contributed by atoms with van der Waals surface area (Å²) in [5, 5.41) is 2.56. The highest BCUT2D eigenvalue weighted by atomic mass is 19.4. The topological polar surface area (TPSA) is 93.8 Å². The molecule has 2 aliphatic rings. The van der Waals surface area contributed by atoms with Crippen molar-refractivity contribution >= 4 is 23.1 Å². The van der Waals surface area contributed by atoms with Crippen molar-refractivity contribution in [3.63, 3.8) is 0 Å². The van der Waals surface area contributed by atoms with Gasteiger partial charge < -0.3 is 29.7 Å². The van der Waals surface area contributed by atoms with Gasteiger partial charge in [0.05, 0.1) is 35.2 Å². The highest BCUT2D eigenvalue weighted by molar-refractivity contribution is 6.07. The van der Waals surface area contributed by atoms with E-state index < -0.39 is 34.6 Å². The molecular formula is C29H32F4N6O3. The third kappa shape index (κ3) is 6.26. The number of pyridine rings is 2. The summed E-state index contributed by atoms with van der Waals surface area (Å²) in [6, 6.07) is 6.65. The van der Waals surface area contributed by atoms with Crippen molar-refractivity contribution in [3.8, 4) is 11.1 Å². The average molecular weight is 589 g/mol. The molecule has 0 radical (unpaired) electrons. The van der Waals surface area contributed by atoms with Gasteiger partial charge >= 0.3 is 6.18 Å². The van der Waals surface area contributed by atoms with E-state index in [2.05, 4.69) is 25.1 Å².